The molecule has 1 aliphatic heterocycles. The van der Waals surface area contributed by atoms with E-state index < -0.39 is 5.60 Å². The van der Waals surface area contributed by atoms with Crippen LogP contribution in [-0.2, 0) is 6.42 Å². The molecule has 0 aliphatic carbocycles. The predicted octanol–water partition coefficient (Wildman–Crippen LogP) is 1.23. The number of likely N-dealkylation sites (N-methyl/N-ethyl adjacent to an activating group) is 1. The first kappa shape index (κ1) is 15.4. The maximum atomic E-state index is 12.4. The summed E-state index contributed by atoms with van der Waals surface area (Å²) in [6.45, 7) is 3.67. The Labute approximate surface area is 124 Å². The van der Waals surface area contributed by atoms with E-state index in [0.29, 0.717) is 31.7 Å². The highest BCUT2D eigenvalue weighted by Crippen LogP contribution is 2.24. The van der Waals surface area contributed by atoms with E-state index in [2.05, 4.69) is 11.9 Å². The van der Waals surface area contributed by atoms with Crippen LogP contribution in [0.15, 0.2) is 5.38 Å². The van der Waals surface area contributed by atoms with Crippen molar-refractivity contribution in [1.82, 2.24) is 14.8 Å². The lowest BCUT2D eigenvalue weighted by Crippen LogP contribution is -2.43. The lowest BCUT2D eigenvalue weighted by Gasteiger charge is -2.26. The van der Waals surface area contributed by atoms with Crippen molar-refractivity contribution in [1.29, 1.82) is 0 Å². The van der Waals surface area contributed by atoms with Gasteiger partial charge < -0.3 is 14.9 Å². The molecule has 0 aromatic carbocycles. The van der Waals surface area contributed by atoms with Crippen LogP contribution in [-0.4, -0.2) is 65.1 Å². The second kappa shape index (κ2) is 6.20. The van der Waals surface area contributed by atoms with E-state index in [9.17, 15) is 9.90 Å². The van der Waals surface area contributed by atoms with Crippen LogP contribution < -0.4 is 0 Å². The first-order chi connectivity index (χ1) is 9.43. The third kappa shape index (κ3) is 3.56. The Morgan fingerprint density at radius 1 is 1.60 bits per heavy atom. The normalized spacial score (nSPS) is 22.8. The summed E-state index contributed by atoms with van der Waals surface area (Å²) in [6, 6.07) is 0. The second-order valence-electron chi connectivity index (χ2n) is 5.82. The highest BCUT2D eigenvalue weighted by atomic mass is 32.1. The van der Waals surface area contributed by atoms with Crippen LogP contribution in [0.1, 0.15) is 35.3 Å². The molecule has 6 heteroatoms. The molecule has 20 heavy (non-hydrogen) atoms. The molecule has 2 rings (SSSR count). The summed E-state index contributed by atoms with van der Waals surface area (Å²) in [5.74, 6) is -0.0571. The number of carbonyl (C=O) groups excluding carboxylic acids is 1. The summed E-state index contributed by atoms with van der Waals surface area (Å²) >= 11 is 1.54. The molecule has 0 saturated carbocycles. The Morgan fingerprint density at radius 3 is 3.00 bits per heavy atom. The van der Waals surface area contributed by atoms with E-state index in [1.54, 1.807) is 16.2 Å². The van der Waals surface area contributed by atoms with Gasteiger partial charge in [0.2, 0.25) is 0 Å². The van der Waals surface area contributed by atoms with Gasteiger partial charge in [0, 0.05) is 18.5 Å². The molecule has 1 aromatic rings. The minimum atomic E-state index is -0.790. The number of nitrogens with zero attached hydrogens (tertiary/aromatic N) is 3. The average molecular weight is 297 g/mol. The monoisotopic (exact) mass is 297 g/mol. The number of rotatable bonds is 5. The first-order valence-corrected chi connectivity index (χ1v) is 7.92. The number of hydrogen-bond donors (Lipinski definition) is 1. The molecule has 112 valence electrons. The number of β-amino-alcohol motifs (C(OH)–C–C–N with tert-alkyl or cyclic N) is 1. The predicted molar refractivity (Wildman–Crippen MR) is 80.1 cm³/mol. The van der Waals surface area contributed by atoms with Gasteiger partial charge in [0.15, 0.2) is 0 Å². The average Bonchev–Trinajstić information content (AvgIpc) is 2.95. The molecule has 1 N–H and O–H groups in total. The van der Waals surface area contributed by atoms with Crippen LogP contribution in [0.2, 0.25) is 0 Å². The Balaban J connectivity index is 2.00. The minimum Gasteiger partial charge on any atom is -0.387 e. The summed E-state index contributed by atoms with van der Waals surface area (Å²) in [5, 5.41) is 13.3. The van der Waals surface area contributed by atoms with Gasteiger partial charge in [0.25, 0.3) is 5.91 Å². The Bertz CT molecular complexity index is 475. The van der Waals surface area contributed by atoms with Crippen LogP contribution >= 0.6 is 11.3 Å². The standard InChI is InChI=1S/C14H23N3O2S/c1-4-5-12-15-11(8-20-12)13(18)17-7-6-14(19,10-17)9-16(2)3/h8,19H,4-7,9-10H2,1-3H3/t14-/m1/s1. The lowest BCUT2D eigenvalue weighted by molar-refractivity contribution is 0.0235. The molecule has 1 atom stereocenters. The van der Waals surface area contributed by atoms with E-state index in [1.165, 1.54) is 0 Å². The minimum absolute atomic E-state index is 0.0571. The zero-order valence-corrected chi connectivity index (χ0v) is 13.2. The topological polar surface area (TPSA) is 56.7 Å². The van der Waals surface area contributed by atoms with Gasteiger partial charge >= 0.3 is 0 Å². The number of hydrogen-bond acceptors (Lipinski definition) is 5. The van der Waals surface area contributed by atoms with E-state index in [1.807, 2.05) is 24.4 Å². The van der Waals surface area contributed by atoms with Gasteiger partial charge in [-0.05, 0) is 33.4 Å². The van der Waals surface area contributed by atoms with E-state index in [4.69, 9.17) is 0 Å². The van der Waals surface area contributed by atoms with Crippen molar-refractivity contribution in [2.75, 3.05) is 33.7 Å². The quantitative estimate of drug-likeness (QED) is 0.888. The first-order valence-electron chi connectivity index (χ1n) is 7.04. The van der Waals surface area contributed by atoms with Crippen LogP contribution in [0, 0.1) is 0 Å². The summed E-state index contributed by atoms with van der Waals surface area (Å²) in [4.78, 5) is 20.4. The molecule has 2 heterocycles. The number of aliphatic hydroxyl groups is 1. The number of thiazole rings is 1. The van der Waals surface area contributed by atoms with Crippen molar-refractivity contribution < 1.29 is 9.90 Å². The summed E-state index contributed by atoms with van der Waals surface area (Å²) in [5.41, 5.74) is -0.269. The van der Waals surface area contributed by atoms with Gasteiger partial charge in [-0.15, -0.1) is 11.3 Å². The van der Waals surface area contributed by atoms with Gasteiger partial charge in [-0.1, -0.05) is 6.92 Å². The molecular formula is C14H23N3O2S. The van der Waals surface area contributed by atoms with E-state index in [-0.39, 0.29) is 5.91 Å². The third-order valence-electron chi connectivity index (χ3n) is 3.46. The molecule has 1 fully saturated rings. The van der Waals surface area contributed by atoms with E-state index >= 15 is 0 Å². The number of carbonyl (C=O) groups is 1. The smallest absolute Gasteiger partial charge is 0.273 e. The Hall–Kier alpha value is -0.980. The van der Waals surface area contributed by atoms with Crippen molar-refractivity contribution in [2.45, 2.75) is 31.8 Å². The molecule has 1 aromatic heterocycles. The zero-order chi connectivity index (χ0) is 14.8. The number of aryl methyl sites for hydroxylation is 1. The maximum absolute atomic E-state index is 12.4. The molecule has 0 spiro atoms. The fourth-order valence-corrected chi connectivity index (χ4v) is 3.52. The summed E-state index contributed by atoms with van der Waals surface area (Å²) < 4.78 is 0. The highest BCUT2D eigenvalue weighted by molar-refractivity contribution is 7.09. The van der Waals surface area contributed by atoms with Crippen molar-refractivity contribution >= 4 is 17.2 Å². The molecule has 1 amide bonds. The molecule has 0 unspecified atom stereocenters. The highest BCUT2D eigenvalue weighted by Gasteiger charge is 2.39. The maximum Gasteiger partial charge on any atom is 0.273 e. The Morgan fingerprint density at radius 2 is 2.35 bits per heavy atom. The van der Waals surface area contributed by atoms with Crippen LogP contribution in [0.3, 0.4) is 0 Å². The molecule has 0 bridgehead atoms. The molecular weight excluding hydrogens is 274 g/mol. The van der Waals surface area contributed by atoms with E-state index in [0.717, 1.165) is 17.8 Å². The summed E-state index contributed by atoms with van der Waals surface area (Å²) in [6.07, 6.45) is 2.58. The second-order valence-corrected chi connectivity index (χ2v) is 6.76. The number of amides is 1. The SMILES string of the molecule is CCCc1nc(C(=O)N2CC[C@@](O)(CN(C)C)C2)cs1. The number of aromatic nitrogens is 1. The Kier molecular flexibility index (Phi) is 4.78. The third-order valence-corrected chi connectivity index (χ3v) is 4.37. The molecule has 1 aliphatic rings. The van der Waals surface area contributed by atoms with Crippen LogP contribution in [0.4, 0.5) is 0 Å². The zero-order valence-electron chi connectivity index (χ0n) is 12.4. The van der Waals surface area contributed by atoms with Crippen molar-refractivity contribution in [3.05, 3.63) is 16.1 Å². The van der Waals surface area contributed by atoms with Gasteiger partial charge in [0.1, 0.15) is 5.69 Å². The number of likely N-dealkylation sites (tertiary alicyclic amines) is 1. The fraction of sp³-hybridized carbons (Fsp3) is 0.714. The van der Waals surface area contributed by atoms with Gasteiger partial charge in [-0.3, -0.25) is 4.79 Å². The molecule has 1 saturated heterocycles. The van der Waals surface area contributed by atoms with Crippen molar-refractivity contribution in [2.24, 2.45) is 0 Å². The van der Waals surface area contributed by atoms with Gasteiger partial charge in [-0.25, -0.2) is 4.98 Å². The van der Waals surface area contributed by atoms with Gasteiger partial charge in [-0.2, -0.15) is 0 Å². The van der Waals surface area contributed by atoms with Crippen molar-refractivity contribution in [3.63, 3.8) is 0 Å². The largest absolute Gasteiger partial charge is 0.387 e. The van der Waals surface area contributed by atoms with Crippen LogP contribution in [0.25, 0.3) is 0 Å². The van der Waals surface area contributed by atoms with Crippen molar-refractivity contribution in [3.8, 4) is 0 Å². The van der Waals surface area contributed by atoms with Gasteiger partial charge in [0.05, 0.1) is 17.2 Å². The summed E-state index contributed by atoms with van der Waals surface area (Å²) in [7, 11) is 3.86. The van der Waals surface area contributed by atoms with Crippen LogP contribution in [0.5, 0.6) is 0 Å². The fourth-order valence-electron chi connectivity index (χ4n) is 2.65. The molecule has 5 nitrogen and oxygen atoms in total. The molecule has 0 radical (unpaired) electrons. The lowest BCUT2D eigenvalue weighted by atomic mass is 10.0.